The van der Waals surface area contributed by atoms with Gasteiger partial charge in [0.05, 0.1) is 11.3 Å². The van der Waals surface area contributed by atoms with Crippen molar-refractivity contribution < 1.29 is 9.90 Å². The third-order valence-electron chi connectivity index (χ3n) is 4.38. The molecule has 0 radical (unpaired) electrons. The largest absolute Gasteiger partial charge is 0.478 e. The van der Waals surface area contributed by atoms with E-state index in [-0.39, 0.29) is 5.56 Å². The van der Waals surface area contributed by atoms with Crippen molar-refractivity contribution in [3.8, 4) is 0 Å². The minimum absolute atomic E-state index is 0.282. The van der Waals surface area contributed by atoms with Crippen molar-refractivity contribution in [3.05, 3.63) is 64.7 Å². The van der Waals surface area contributed by atoms with Crippen LogP contribution in [0.15, 0.2) is 36.5 Å². The van der Waals surface area contributed by atoms with Gasteiger partial charge in [0.25, 0.3) is 0 Å². The summed E-state index contributed by atoms with van der Waals surface area (Å²) in [5, 5.41) is 12.5. The van der Waals surface area contributed by atoms with Crippen molar-refractivity contribution in [2.24, 2.45) is 0 Å². The molecule has 0 saturated heterocycles. The van der Waals surface area contributed by atoms with Crippen molar-refractivity contribution in [2.45, 2.75) is 39.2 Å². The zero-order valence-corrected chi connectivity index (χ0v) is 14.5. The molecule has 5 heteroatoms. The smallest absolute Gasteiger partial charge is 0.335 e. The van der Waals surface area contributed by atoms with E-state index in [1.165, 1.54) is 17.6 Å². The van der Waals surface area contributed by atoms with E-state index in [0.717, 1.165) is 42.9 Å². The lowest BCUT2D eigenvalue weighted by atomic mass is 10.0. The SMILES string of the molecule is Cc1cc(C(=O)O)cc(CNCCc2ncccc2C2=CCCC2)n1. The van der Waals surface area contributed by atoms with Crippen molar-refractivity contribution in [1.82, 2.24) is 15.3 Å². The van der Waals surface area contributed by atoms with E-state index >= 15 is 0 Å². The molecule has 0 spiro atoms. The quantitative estimate of drug-likeness (QED) is 0.758. The van der Waals surface area contributed by atoms with Crippen LogP contribution in [-0.4, -0.2) is 27.6 Å². The summed E-state index contributed by atoms with van der Waals surface area (Å²) in [6.07, 6.45) is 8.52. The van der Waals surface area contributed by atoms with Gasteiger partial charge in [0.1, 0.15) is 0 Å². The molecule has 1 aliphatic rings. The summed E-state index contributed by atoms with van der Waals surface area (Å²) in [6.45, 7) is 3.13. The maximum absolute atomic E-state index is 11.1. The molecule has 0 amide bonds. The zero-order valence-electron chi connectivity index (χ0n) is 14.5. The fourth-order valence-electron chi connectivity index (χ4n) is 3.22. The van der Waals surface area contributed by atoms with Gasteiger partial charge >= 0.3 is 5.97 Å². The van der Waals surface area contributed by atoms with Crippen LogP contribution in [0.1, 0.15) is 52.3 Å². The molecule has 1 aliphatic carbocycles. The van der Waals surface area contributed by atoms with Gasteiger partial charge in [-0.25, -0.2) is 4.79 Å². The number of nitrogens with zero attached hydrogens (tertiary/aromatic N) is 2. The molecule has 2 aromatic rings. The first kappa shape index (κ1) is 17.3. The maximum atomic E-state index is 11.1. The minimum atomic E-state index is -0.922. The topological polar surface area (TPSA) is 75.1 Å². The number of nitrogens with one attached hydrogen (secondary N) is 1. The van der Waals surface area contributed by atoms with Crippen LogP contribution in [-0.2, 0) is 13.0 Å². The molecule has 0 aliphatic heterocycles. The van der Waals surface area contributed by atoms with Crippen LogP contribution in [0, 0.1) is 6.92 Å². The number of hydrogen-bond donors (Lipinski definition) is 2. The Morgan fingerprint density at radius 2 is 2.24 bits per heavy atom. The molecule has 2 heterocycles. The molecule has 0 fully saturated rings. The highest BCUT2D eigenvalue weighted by atomic mass is 16.4. The van der Waals surface area contributed by atoms with Crippen molar-refractivity contribution in [3.63, 3.8) is 0 Å². The number of aromatic carboxylic acids is 1. The number of pyridine rings is 2. The first-order chi connectivity index (χ1) is 12.1. The molecule has 25 heavy (non-hydrogen) atoms. The number of allylic oxidation sites excluding steroid dienone is 2. The van der Waals surface area contributed by atoms with Gasteiger partial charge in [0.15, 0.2) is 0 Å². The first-order valence-corrected chi connectivity index (χ1v) is 8.68. The minimum Gasteiger partial charge on any atom is -0.478 e. The summed E-state index contributed by atoms with van der Waals surface area (Å²) in [4.78, 5) is 20.1. The second-order valence-electron chi connectivity index (χ2n) is 6.34. The van der Waals surface area contributed by atoms with Crippen LogP contribution in [0.25, 0.3) is 5.57 Å². The highest BCUT2D eigenvalue weighted by Gasteiger charge is 2.12. The van der Waals surface area contributed by atoms with Crippen LogP contribution in [0.3, 0.4) is 0 Å². The van der Waals surface area contributed by atoms with E-state index in [1.54, 1.807) is 12.1 Å². The Hall–Kier alpha value is -2.53. The molecule has 0 atom stereocenters. The molecule has 0 saturated carbocycles. The van der Waals surface area contributed by atoms with Crippen LogP contribution in [0.2, 0.25) is 0 Å². The van der Waals surface area contributed by atoms with E-state index in [9.17, 15) is 4.79 Å². The lowest BCUT2D eigenvalue weighted by Gasteiger charge is -2.10. The number of carboxylic acid groups (broad SMARTS) is 1. The maximum Gasteiger partial charge on any atom is 0.335 e. The van der Waals surface area contributed by atoms with Crippen LogP contribution in [0.4, 0.5) is 0 Å². The predicted molar refractivity (Wildman–Crippen MR) is 97.4 cm³/mol. The van der Waals surface area contributed by atoms with Gasteiger partial charge in [-0.2, -0.15) is 0 Å². The Morgan fingerprint density at radius 3 is 3.00 bits per heavy atom. The van der Waals surface area contributed by atoms with Crippen molar-refractivity contribution in [1.29, 1.82) is 0 Å². The highest BCUT2D eigenvalue weighted by molar-refractivity contribution is 5.87. The van der Waals surface area contributed by atoms with Crippen LogP contribution in [0.5, 0.6) is 0 Å². The summed E-state index contributed by atoms with van der Waals surface area (Å²) in [7, 11) is 0. The Bertz CT molecular complexity index is 799. The van der Waals surface area contributed by atoms with Gasteiger partial charge in [0, 0.05) is 37.1 Å². The normalized spacial score (nSPS) is 13.7. The van der Waals surface area contributed by atoms with Gasteiger partial charge in [-0.15, -0.1) is 0 Å². The van der Waals surface area contributed by atoms with Crippen molar-refractivity contribution in [2.75, 3.05) is 6.54 Å². The summed E-state index contributed by atoms with van der Waals surface area (Å²) in [6, 6.07) is 7.36. The van der Waals surface area contributed by atoms with Crippen molar-refractivity contribution >= 4 is 11.5 Å². The summed E-state index contributed by atoms with van der Waals surface area (Å²) >= 11 is 0. The standard InChI is InChI=1S/C20H23N3O2/c1-14-11-16(20(24)25)12-17(23-14)13-21-10-8-19-18(7-4-9-22-19)15-5-2-3-6-15/h4-5,7,9,11-12,21H,2-3,6,8,10,13H2,1H3,(H,24,25). The Kier molecular flexibility index (Phi) is 5.56. The molecule has 0 unspecified atom stereocenters. The Morgan fingerprint density at radius 1 is 1.36 bits per heavy atom. The first-order valence-electron chi connectivity index (χ1n) is 8.68. The van der Waals surface area contributed by atoms with Gasteiger partial charge in [-0.3, -0.25) is 9.97 Å². The molecule has 130 valence electrons. The predicted octanol–water partition coefficient (Wildman–Crippen LogP) is 3.38. The molecule has 2 N–H and O–H groups in total. The van der Waals surface area contributed by atoms with Gasteiger partial charge < -0.3 is 10.4 Å². The number of aromatic nitrogens is 2. The fraction of sp³-hybridized carbons (Fsp3) is 0.350. The van der Waals surface area contributed by atoms with Gasteiger partial charge in [-0.1, -0.05) is 12.1 Å². The third kappa shape index (κ3) is 4.51. The zero-order chi connectivity index (χ0) is 17.6. The van der Waals surface area contributed by atoms with Gasteiger partial charge in [0.2, 0.25) is 0 Å². The summed E-state index contributed by atoms with van der Waals surface area (Å²) in [5.74, 6) is -0.922. The van der Waals surface area contributed by atoms with E-state index in [4.69, 9.17) is 5.11 Å². The van der Waals surface area contributed by atoms with E-state index in [1.807, 2.05) is 19.2 Å². The number of rotatable bonds is 7. The van der Waals surface area contributed by atoms with E-state index in [0.29, 0.717) is 6.54 Å². The third-order valence-corrected chi connectivity index (χ3v) is 4.38. The lowest BCUT2D eigenvalue weighted by molar-refractivity contribution is 0.0696. The number of hydrogen-bond acceptors (Lipinski definition) is 4. The monoisotopic (exact) mass is 337 g/mol. The average Bonchev–Trinajstić information content (AvgIpc) is 3.13. The van der Waals surface area contributed by atoms with Gasteiger partial charge in [-0.05, 0) is 55.5 Å². The molecule has 2 aromatic heterocycles. The molecule has 0 bridgehead atoms. The molecule has 5 nitrogen and oxygen atoms in total. The van der Waals surface area contributed by atoms with Crippen LogP contribution < -0.4 is 5.32 Å². The average molecular weight is 337 g/mol. The number of carbonyl (C=O) groups is 1. The number of aryl methyl sites for hydroxylation is 1. The van der Waals surface area contributed by atoms with E-state index in [2.05, 4.69) is 27.4 Å². The molecule has 3 rings (SSSR count). The van der Waals surface area contributed by atoms with E-state index < -0.39 is 5.97 Å². The molecular weight excluding hydrogens is 314 g/mol. The second-order valence-corrected chi connectivity index (χ2v) is 6.34. The fourth-order valence-corrected chi connectivity index (χ4v) is 3.22. The van der Waals surface area contributed by atoms with Crippen LogP contribution >= 0.6 is 0 Å². The summed E-state index contributed by atoms with van der Waals surface area (Å²) in [5.41, 5.74) is 5.54. The lowest BCUT2D eigenvalue weighted by Crippen LogP contribution is -2.19. The molecule has 0 aromatic carbocycles. The number of carboxylic acids is 1. The Balaban J connectivity index is 1.58. The Labute approximate surface area is 147 Å². The second kappa shape index (κ2) is 8.03. The molecular formula is C20H23N3O2. The summed E-state index contributed by atoms with van der Waals surface area (Å²) < 4.78 is 0. The highest BCUT2D eigenvalue weighted by Crippen LogP contribution is 2.29.